The van der Waals surface area contributed by atoms with Crippen molar-refractivity contribution in [2.45, 2.75) is 24.8 Å². The molecule has 1 amide bonds. The molecule has 3 N–H and O–H groups in total. The zero-order chi connectivity index (χ0) is 17.7. The van der Waals surface area contributed by atoms with Crippen LogP contribution in [-0.4, -0.2) is 32.1 Å². The summed E-state index contributed by atoms with van der Waals surface area (Å²) >= 11 is 0. The maximum atomic E-state index is 12.2. The molecule has 24 heavy (non-hydrogen) atoms. The van der Waals surface area contributed by atoms with Crippen LogP contribution in [0.3, 0.4) is 0 Å². The number of nitrogens with one attached hydrogen (secondary N) is 2. The van der Waals surface area contributed by atoms with Crippen LogP contribution in [0.1, 0.15) is 22.8 Å². The third-order valence-electron chi connectivity index (χ3n) is 3.39. The molecule has 1 atom stereocenters. The third kappa shape index (κ3) is 4.64. The number of sulfonamides is 1. The first-order chi connectivity index (χ1) is 11.3. The van der Waals surface area contributed by atoms with Gasteiger partial charge in [0.25, 0.3) is 5.91 Å². The summed E-state index contributed by atoms with van der Waals surface area (Å²) in [7, 11) is -3.71. The molecule has 0 unspecified atom stereocenters. The average molecular weight is 348 g/mol. The SMILES string of the molecule is Cc1ccccc1NC(=O)c1ccc(S(=O)(=O)NC[C@H](C)O)cc1. The maximum Gasteiger partial charge on any atom is 0.255 e. The van der Waals surface area contributed by atoms with Gasteiger partial charge in [-0.05, 0) is 49.7 Å². The second-order valence-corrected chi connectivity index (χ2v) is 7.26. The van der Waals surface area contributed by atoms with Crippen molar-refractivity contribution in [3.63, 3.8) is 0 Å². The summed E-state index contributed by atoms with van der Waals surface area (Å²) in [6.07, 6.45) is -0.779. The van der Waals surface area contributed by atoms with Gasteiger partial charge in [0.2, 0.25) is 10.0 Å². The van der Waals surface area contributed by atoms with Crippen LogP contribution in [0.2, 0.25) is 0 Å². The van der Waals surface area contributed by atoms with Gasteiger partial charge in [0.15, 0.2) is 0 Å². The van der Waals surface area contributed by atoms with Gasteiger partial charge in [-0.1, -0.05) is 18.2 Å². The zero-order valence-corrected chi connectivity index (χ0v) is 14.3. The van der Waals surface area contributed by atoms with E-state index in [1.807, 2.05) is 25.1 Å². The zero-order valence-electron chi connectivity index (χ0n) is 13.5. The second-order valence-electron chi connectivity index (χ2n) is 5.49. The first kappa shape index (κ1) is 18.1. The highest BCUT2D eigenvalue weighted by atomic mass is 32.2. The van der Waals surface area contributed by atoms with Gasteiger partial charge in [0.1, 0.15) is 0 Å². The molecule has 0 bridgehead atoms. The van der Waals surface area contributed by atoms with Crippen molar-refractivity contribution in [2.75, 3.05) is 11.9 Å². The summed E-state index contributed by atoms with van der Waals surface area (Å²) in [5.41, 5.74) is 2.00. The van der Waals surface area contributed by atoms with E-state index in [-0.39, 0.29) is 17.3 Å². The normalized spacial score (nSPS) is 12.6. The molecule has 0 radical (unpaired) electrons. The summed E-state index contributed by atoms with van der Waals surface area (Å²) in [6.45, 7) is 3.30. The van der Waals surface area contributed by atoms with E-state index in [0.29, 0.717) is 11.3 Å². The number of anilines is 1. The number of carbonyl (C=O) groups is 1. The number of aliphatic hydroxyl groups excluding tert-OH is 1. The van der Waals surface area contributed by atoms with Crippen LogP contribution >= 0.6 is 0 Å². The standard InChI is InChI=1S/C17H20N2O4S/c1-12-5-3-4-6-16(12)19-17(21)14-7-9-15(10-8-14)24(22,23)18-11-13(2)20/h3-10,13,18,20H,11H2,1-2H3,(H,19,21)/t13-/m0/s1. The van der Waals surface area contributed by atoms with Gasteiger partial charge in [-0.3, -0.25) is 4.79 Å². The second kappa shape index (κ2) is 7.57. The van der Waals surface area contributed by atoms with Gasteiger partial charge >= 0.3 is 0 Å². The van der Waals surface area contributed by atoms with E-state index >= 15 is 0 Å². The number of aryl methyl sites for hydroxylation is 1. The smallest absolute Gasteiger partial charge is 0.255 e. The van der Waals surface area contributed by atoms with Gasteiger partial charge in [0.05, 0.1) is 11.0 Å². The molecule has 128 valence electrons. The van der Waals surface area contributed by atoms with Crippen LogP contribution in [-0.2, 0) is 10.0 Å². The average Bonchev–Trinajstić information content (AvgIpc) is 2.55. The molecule has 2 rings (SSSR count). The predicted molar refractivity (Wildman–Crippen MR) is 92.4 cm³/mol. The summed E-state index contributed by atoms with van der Waals surface area (Å²) in [6, 6.07) is 13.0. The molecule has 0 saturated carbocycles. The van der Waals surface area contributed by atoms with E-state index < -0.39 is 16.1 Å². The Morgan fingerprint density at radius 3 is 2.33 bits per heavy atom. The molecule has 7 heteroatoms. The minimum atomic E-state index is -3.71. The van der Waals surface area contributed by atoms with Crippen LogP contribution in [0.5, 0.6) is 0 Å². The monoisotopic (exact) mass is 348 g/mol. The molecule has 0 saturated heterocycles. The quantitative estimate of drug-likeness (QED) is 0.743. The minimum absolute atomic E-state index is 0.0376. The van der Waals surface area contributed by atoms with Gasteiger partial charge in [-0.25, -0.2) is 13.1 Å². The van der Waals surface area contributed by atoms with E-state index in [2.05, 4.69) is 10.0 Å². The first-order valence-corrected chi connectivity index (χ1v) is 8.92. The van der Waals surface area contributed by atoms with E-state index in [4.69, 9.17) is 5.11 Å². The largest absolute Gasteiger partial charge is 0.392 e. The van der Waals surface area contributed by atoms with Crippen molar-refractivity contribution >= 4 is 21.6 Å². The lowest BCUT2D eigenvalue weighted by Gasteiger charge is -2.10. The van der Waals surface area contributed by atoms with Crippen LogP contribution in [0.15, 0.2) is 53.4 Å². The van der Waals surface area contributed by atoms with Gasteiger partial charge in [-0.2, -0.15) is 0 Å². The minimum Gasteiger partial charge on any atom is -0.392 e. The number of amides is 1. The molecule has 0 aromatic heterocycles. The van der Waals surface area contributed by atoms with Crippen LogP contribution in [0.25, 0.3) is 0 Å². The highest BCUT2D eigenvalue weighted by Crippen LogP contribution is 2.16. The number of hydrogen-bond donors (Lipinski definition) is 3. The Labute approximate surface area is 141 Å². The molecule has 6 nitrogen and oxygen atoms in total. The van der Waals surface area contributed by atoms with Gasteiger partial charge < -0.3 is 10.4 Å². The van der Waals surface area contributed by atoms with Crippen molar-refractivity contribution in [2.24, 2.45) is 0 Å². The number of aliphatic hydroxyl groups is 1. The number of carbonyl (C=O) groups excluding carboxylic acids is 1. The van der Waals surface area contributed by atoms with Crippen molar-refractivity contribution in [3.05, 3.63) is 59.7 Å². The molecule has 0 aliphatic rings. The molecule has 2 aromatic carbocycles. The Kier molecular flexibility index (Phi) is 5.71. The van der Waals surface area contributed by atoms with Gasteiger partial charge in [-0.15, -0.1) is 0 Å². The lowest BCUT2D eigenvalue weighted by Crippen LogP contribution is -2.30. The van der Waals surface area contributed by atoms with Crippen LogP contribution in [0, 0.1) is 6.92 Å². The fraction of sp³-hybridized carbons (Fsp3) is 0.235. The Bertz CT molecular complexity index is 815. The summed E-state index contributed by atoms with van der Waals surface area (Å²) in [5, 5.41) is 11.9. The maximum absolute atomic E-state index is 12.2. The first-order valence-electron chi connectivity index (χ1n) is 7.44. The predicted octanol–water partition coefficient (Wildman–Crippen LogP) is 1.91. The Morgan fingerprint density at radius 2 is 1.75 bits per heavy atom. The molecule has 0 spiro atoms. The third-order valence-corrected chi connectivity index (χ3v) is 4.83. The Morgan fingerprint density at radius 1 is 1.12 bits per heavy atom. The molecular formula is C17H20N2O4S. The topological polar surface area (TPSA) is 95.5 Å². The van der Waals surface area contributed by atoms with Crippen molar-refractivity contribution in [3.8, 4) is 0 Å². The summed E-state index contributed by atoms with van der Waals surface area (Å²) in [5.74, 6) is -0.315. The molecule has 2 aromatic rings. The number of rotatable bonds is 6. The van der Waals surface area contributed by atoms with Crippen molar-refractivity contribution in [1.29, 1.82) is 0 Å². The molecule has 0 heterocycles. The van der Waals surface area contributed by atoms with Crippen LogP contribution in [0.4, 0.5) is 5.69 Å². The van der Waals surface area contributed by atoms with Crippen LogP contribution < -0.4 is 10.0 Å². The Balaban J connectivity index is 2.11. The van der Waals surface area contributed by atoms with Crippen molar-refractivity contribution < 1.29 is 18.3 Å². The summed E-state index contributed by atoms with van der Waals surface area (Å²) < 4.78 is 26.4. The van der Waals surface area contributed by atoms with E-state index in [1.54, 1.807) is 6.07 Å². The highest BCUT2D eigenvalue weighted by molar-refractivity contribution is 7.89. The van der Waals surface area contributed by atoms with E-state index in [9.17, 15) is 13.2 Å². The fourth-order valence-corrected chi connectivity index (χ4v) is 3.13. The fourth-order valence-electron chi connectivity index (χ4n) is 2.01. The van der Waals surface area contributed by atoms with Crippen molar-refractivity contribution in [1.82, 2.24) is 4.72 Å². The van der Waals surface area contributed by atoms with E-state index in [1.165, 1.54) is 31.2 Å². The molecule has 0 aliphatic carbocycles. The van der Waals surface area contributed by atoms with Gasteiger partial charge in [0, 0.05) is 17.8 Å². The van der Waals surface area contributed by atoms with E-state index in [0.717, 1.165) is 5.56 Å². The highest BCUT2D eigenvalue weighted by Gasteiger charge is 2.15. The molecular weight excluding hydrogens is 328 g/mol. The number of para-hydroxylation sites is 1. The lowest BCUT2D eigenvalue weighted by molar-refractivity contribution is 0.102. The Hall–Kier alpha value is -2.22. The summed E-state index contributed by atoms with van der Waals surface area (Å²) in [4.78, 5) is 12.3. The lowest BCUT2D eigenvalue weighted by atomic mass is 10.1. The molecule has 0 fully saturated rings. The number of benzene rings is 2. The number of hydrogen-bond acceptors (Lipinski definition) is 4. The molecule has 0 aliphatic heterocycles.